The Morgan fingerprint density at radius 2 is 2.27 bits per heavy atom. The van der Waals surface area contributed by atoms with E-state index in [1.807, 2.05) is 0 Å². The first kappa shape index (κ1) is 14.6. The van der Waals surface area contributed by atoms with E-state index in [0.29, 0.717) is 5.69 Å². The summed E-state index contributed by atoms with van der Waals surface area (Å²) in [6, 6.07) is -0.369. The van der Waals surface area contributed by atoms with Crippen molar-refractivity contribution in [1.82, 2.24) is 24.9 Å². The van der Waals surface area contributed by atoms with Gasteiger partial charge in [0.15, 0.2) is 5.69 Å². The minimum atomic E-state index is -1.09. The number of hydrogen-bond acceptors (Lipinski definition) is 6. The van der Waals surface area contributed by atoms with E-state index in [9.17, 15) is 14.0 Å². The Morgan fingerprint density at radius 3 is 2.91 bits per heavy atom. The number of likely N-dealkylation sites (tertiary alicyclic amines) is 1. The number of alkyl halides is 1. The molecule has 2 atom stereocenters. The molecule has 22 heavy (non-hydrogen) atoms. The molecular formula is C12H13FN6O2S. The molecule has 1 fully saturated rings. The van der Waals surface area contributed by atoms with Crippen LogP contribution >= 0.6 is 11.3 Å². The number of amides is 2. The van der Waals surface area contributed by atoms with Gasteiger partial charge in [-0.25, -0.2) is 14.1 Å². The largest absolute Gasteiger partial charge is 0.364 e. The average Bonchev–Trinajstić information content (AvgIpc) is 3.18. The first-order valence-electron chi connectivity index (χ1n) is 6.57. The van der Waals surface area contributed by atoms with Crippen LogP contribution in [0.1, 0.15) is 27.4 Å². The lowest BCUT2D eigenvalue weighted by Crippen LogP contribution is -2.38. The molecule has 0 radical (unpaired) electrons. The molecule has 1 aliphatic heterocycles. The van der Waals surface area contributed by atoms with Crippen LogP contribution in [0.4, 0.5) is 4.39 Å². The van der Waals surface area contributed by atoms with Gasteiger partial charge in [-0.1, -0.05) is 5.21 Å². The van der Waals surface area contributed by atoms with Crippen molar-refractivity contribution in [2.45, 2.75) is 25.2 Å². The lowest BCUT2D eigenvalue weighted by Gasteiger charge is -2.23. The van der Waals surface area contributed by atoms with Gasteiger partial charge in [-0.2, -0.15) is 0 Å². The normalized spacial score (nSPS) is 21.2. The number of thiazole rings is 1. The standard InChI is InChI=1S/C12H13FN6O2S/c13-7-1-8(3-18-4-9(11(14)20)16-17-18)19(2-7)12(21)10-5-22-6-15-10/h4-8H,1-3H2,(H2,14,20)/t7-,8-/m0/s1. The molecular weight excluding hydrogens is 311 g/mol. The summed E-state index contributed by atoms with van der Waals surface area (Å²) in [6.07, 6.45) is 0.507. The predicted octanol–water partition coefficient (Wildman–Crippen LogP) is 0.0863. The molecule has 0 aliphatic carbocycles. The number of carbonyl (C=O) groups is 2. The monoisotopic (exact) mass is 324 g/mol. The lowest BCUT2D eigenvalue weighted by molar-refractivity contribution is 0.0709. The molecule has 2 amide bonds. The molecule has 1 aliphatic rings. The number of nitrogens with zero attached hydrogens (tertiary/aromatic N) is 5. The highest BCUT2D eigenvalue weighted by molar-refractivity contribution is 7.07. The predicted molar refractivity (Wildman–Crippen MR) is 75.0 cm³/mol. The summed E-state index contributed by atoms with van der Waals surface area (Å²) >= 11 is 1.31. The van der Waals surface area contributed by atoms with E-state index in [1.54, 1.807) is 10.9 Å². The molecule has 1 saturated heterocycles. The molecule has 10 heteroatoms. The fraction of sp³-hybridized carbons (Fsp3) is 0.417. The third kappa shape index (κ3) is 2.82. The fourth-order valence-electron chi connectivity index (χ4n) is 2.46. The third-order valence-corrected chi connectivity index (χ3v) is 4.05. The number of nitrogens with two attached hydrogens (primary N) is 1. The first-order chi connectivity index (χ1) is 10.5. The molecule has 116 valence electrons. The number of aromatic nitrogens is 4. The van der Waals surface area contributed by atoms with Gasteiger partial charge in [-0.3, -0.25) is 9.59 Å². The van der Waals surface area contributed by atoms with E-state index < -0.39 is 12.1 Å². The van der Waals surface area contributed by atoms with Crippen LogP contribution in [-0.4, -0.2) is 55.5 Å². The molecule has 2 aromatic rings. The number of rotatable bonds is 4. The van der Waals surface area contributed by atoms with Gasteiger partial charge in [0.1, 0.15) is 11.9 Å². The third-order valence-electron chi connectivity index (χ3n) is 3.46. The summed E-state index contributed by atoms with van der Waals surface area (Å²) in [5.41, 5.74) is 7.01. The molecule has 3 rings (SSSR count). The Labute approximate surface area is 128 Å². The zero-order chi connectivity index (χ0) is 15.7. The highest BCUT2D eigenvalue weighted by Crippen LogP contribution is 2.24. The zero-order valence-electron chi connectivity index (χ0n) is 11.4. The van der Waals surface area contributed by atoms with Gasteiger partial charge in [-0.15, -0.1) is 16.4 Å². The second kappa shape index (κ2) is 5.79. The van der Waals surface area contributed by atoms with Gasteiger partial charge < -0.3 is 10.6 Å². The number of hydrogen-bond donors (Lipinski definition) is 1. The molecule has 2 N–H and O–H groups in total. The Hall–Kier alpha value is -2.36. The van der Waals surface area contributed by atoms with Crippen molar-refractivity contribution in [3.63, 3.8) is 0 Å². The maximum Gasteiger partial charge on any atom is 0.273 e. The van der Waals surface area contributed by atoms with Crippen molar-refractivity contribution in [2.75, 3.05) is 6.54 Å². The van der Waals surface area contributed by atoms with Gasteiger partial charge in [0, 0.05) is 11.8 Å². The summed E-state index contributed by atoms with van der Waals surface area (Å²) in [7, 11) is 0. The molecule has 3 heterocycles. The molecule has 0 saturated carbocycles. The second-order valence-corrected chi connectivity index (χ2v) is 5.73. The molecule has 0 unspecified atom stereocenters. The van der Waals surface area contributed by atoms with Crippen LogP contribution in [-0.2, 0) is 6.54 Å². The van der Waals surface area contributed by atoms with E-state index in [1.165, 1.54) is 27.1 Å². The van der Waals surface area contributed by atoms with Gasteiger partial charge in [-0.05, 0) is 0 Å². The lowest BCUT2D eigenvalue weighted by atomic mass is 10.2. The maximum absolute atomic E-state index is 13.7. The smallest absolute Gasteiger partial charge is 0.273 e. The summed E-state index contributed by atoms with van der Waals surface area (Å²) in [6.45, 7) is 0.273. The van der Waals surface area contributed by atoms with Crippen molar-refractivity contribution < 1.29 is 14.0 Å². The van der Waals surface area contributed by atoms with Gasteiger partial charge >= 0.3 is 0 Å². The van der Waals surface area contributed by atoms with E-state index in [-0.39, 0.29) is 37.2 Å². The zero-order valence-corrected chi connectivity index (χ0v) is 12.2. The van der Waals surface area contributed by atoms with Gasteiger partial charge in [0.25, 0.3) is 11.8 Å². The Balaban J connectivity index is 1.75. The van der Waals surface area contributed by atoms with Crippen LogP contribution in [0.3, 0.4) is 0 Å². The van der Waals surface area contributed by atoms with Crippen LogP contribution < -0.4 is 5.73 Å². The van der Waals surface area contributed by atoms with Crippen molar-refractivity contribution in [1.29, 1.82) is 0 Å². The molecule has 0 aromatic carbocycles. The minimum Gasteiger partial charge on any atom is -0.364 e. The van der Waals surface area contributed by atoms with Crippen molar-refractivity contribution >= 4 is 23.2 Å². The van der Waals surface area contributed by atoms with E-state index in [4.69, 9.17) is 5.73 Å². The van der Waals surface area contributed by atoms with Crippen molar-refractivity contribution in [3.05, 3.63) is 28.5 Å². The molecule has 0 bridgehead atoms. The van der Waals surface area contributed by atoms with Gasteiger partial charge in [0.05, 0.1) is 30.8 Å². The van der Waals surface area contributed by atoms with E-state index in [2.05, 4.69) is 15.3 Å². The summed E-state index contributed by atoms with van der Waals surface area (Å²) < 4.78 is 15.1. The van der Waals surface area contributed by atoms with Crippen LogP contribution in [0.15, 0.2) is 17.1 Å². The van der Waals surface area contributed by atoms with E-state index >= 15 is 0 Å². The summed E-state index contributed by atoms with van der Waals surface area (Å²) in [4.78, 5) is 28.8. The van der Waals surface area contributed by atoms with Crippen LogP contribution in [0.25, 0.3) is 0 Å². The van der Waals surface area contributed by atoms with E-state index in [0.717, 1.165) is 0 Å². The number of carbonyl (C=O) groups excluding carboxylic acids is 2. The Kier molecular flexibility index (Phi) is 3.84. The van der Waals surface area contributed by atoms with Crippen LogP contribution in [0.2, 0.25) is 0 Å². The SMILES string of the molecule is NC(=O)c1cn(C[C@@H]2C[C@H](F)CN2C(=O)c2cscn2)nn1. The van der Waals surface area contributed by atoms with Gasteiger partial charge in [0.2, 0.25) is 0 Å². The fourth-order valence-corrected chi connectivity index (χ4v) is 2.99. The quantitative estimate of drug-likeness (QED) is 0.857. The second-order valence-electron chi connectivity index (χ2n) is 5.01. The molecule has 2 aromatic heterocycles. The Morgan fingerprint density at radius 1 is 1.45 bits per heavy atom. The molecule has 0 spiro atoms. The van der Waals surface area contributed by atoms with Crippen LogP contribution in [0.5, 0.6) is 0 Å². The van der Waals surface area contributed by atoms with Crippen molar-refractivity contribution in [3.8, 4) is 0 Å². The van der Waals surface area contributed by atoms with Crippen molar-refractivity contribution in [2.24, 2.45) is 5.73 Å². The number of primary amides is 1. The minimum absolute atomic E-state index is 0.0262. The highest BCUT2D eigenvalue weighted by atomic mass is 32.1. The summed E-state index contributed by atoms with van der Waals surface area (Å²) in [5, 5.41) is 9.03. The Bertz CT molecular complexity index is 688. The average molecular weight is 324 g/mol. The first-order valence-corrected chi connectivity index (χ1v) is 7.52. The molecule has 8 nitrogen and oxygen atoms in total. The van der Waals surface area contributed by atoms with Crippen LogP contribution in [0, 0.1) is 0 Å². The highest BCUT2D eigenvalue weighted by Gasteiger charge is 2.36. The summed E-state index contributed by atoms with van der Waals surface area (Å²) in [5.74, 6) is -0.988. The number of halogens is 1. The topological polar surface area (TPSA) is 107 Å². The maximum atomic E-state index is 13.7.